The highest BCUT2D eigenvalue weighted by Gasteiger charge is 2.27. The molecule has 0 radical (unpaired) electrons. The minimum Gasteiger partial charge on any atom is -0.494 e. The Balaban J connectivity index is 1.22. The topological polar surface area (TPSA) is 80.5 Å². The van der Waals surface area contributed by atoms with Gasteiger partial charge in [-0.05, 0) is 75.0 Å². The Morgan fingerprint density at radius 2 is 2.06 bits per heavy atom. The highest BCUT2D eigenvalue weighted by Crippen LogP contribution is 2.28. The summed E-state index contributed by atoms with van der Waals surface area (Å²) in [6.45, 7) is 5.36. The number of ether oxygens (including phenoxy) is 1. The lowest BCUT2D eigenvalue weighted by atomic mass is 9.97. The Bertz CT molecular complexity index is 1120. The predicted molar refractivity (Wildman–Crippen MR) is 137 cm³/mol. The van der Waals surface area contributed by atoms with Crippen molar-refractivity contribution in [3.8, 4) is 17.1 Å². The number of benzene rings is 2. The van der Waals surface area contributed by atoms with Gasteiger partial charge in [0.25, 0.3) is 0 Å². The van der Waals surface area contributed by atoms with Gasteiger partial charge in [-0.15, -0.1) is 0 Å². The number of aryl methyl sites for hydroxylation is 1. The molecule has 0 spiro atoms. The fourth-order valence-corrected chi connectivity index (χ4v) is 4.76. The van der Waals surface area contributed by atoms with Crippen molar-refractivity contribution >= 4 is 29.1 Å². The molecule has 186 valence electrons. The largest absolute Gasteiger partial charge is 0.494 e. The van der Waals surface area contributed by atoms with Gasteiger partial charge in [-0.2, -0.15) is 4.98 Å². The van der Waals surface area contributed by atoms with Gasteiger partial charge in [-0.1, -0.05) is 40.5 Å². The molecule has 1 N–H and O–H groups in total. The van der Waals surface area contributed by atoms with Crippen LogP contribution in [0.4, 0.5) is 0 Å². The molecule has 35 heavy (non-hydrogen) atoms. The molecule has 7 nitrogen and oxygen atoms in total. The molecule has 1 unspecified atom stereocenters. The second-order valence-electron chi connectivity index (χ2n) is 8.68. The number of nitrogens with zero attached hydrogens (tertiary/aromatic N) is 3. The average molecular weight is 517 g/mol. The van der Waals surface area contributed by atoms with Crippen LogP contribution >= 0.6 is 23.2 Å². The molecule has 1 aliphatic heterocycles. The van der Waals surface area contributed by atoms with Crippen LogP contribution in [0.15, 0.2) is 47.0 Å². The molecule has 0 bridgehead atoms. The van der Waals surface area contributed by atoms with Gasteiger partial charge in [-0.3, -0.25) is 9.69 Å². The first-order chi connectivity index (χ1) is 17.0. The van der Waals surface area contributed by atoms with Gasteiger partial charge in [0.05, 0.1) is 24.1 Å². The zero-order valence-electron chi connectivity index (χ0n) is 19.8. The van der Waals surface area contributed by atoms with Gasteiger partial charge in [-0.25, -0.2) is 0 Å². The summed E-state index contributed by atoms with van der Waals surface area (Å²) >= 11 is 12.2. The van der Waals surface area contributed by atoms with E-state index in [1.54, 1.807) is 18.2 Å². The van der Waals surface area contributed by atoms with Crippen LogP contribution in [0, 0.1) is 5.92 Å². The van der Waals surface area contributed by atoms with E-state index in [1.807, 2.05) is 19.1 Å². The molecule has 2 heterocycles. The summed E-state index contributed by atoms with van der Waals surface area (Å²) in [6, 6.07) is 13.3. The molecule has 1 fully saturated rings. The molecule has 2 aromatic carbocycles. The summed E-state index contributed by atoms with van der Waals surface area (Å²) in [5.74, 6) is 1.89. The molecule has 0 saturated carbocycles. The Morgan fingerprint density at radius 3 is 2.83 bits per heavy atom. The van der Waals surface area contributed by atoms with Crippen LogP contribution < -0.4 is 10.1 Å². The number of rotatable bonds is 10. The van der Waals surface area contributed by atoms with Crippen molar-refractivity contribution in [2.45, 2.75) is 39.2 Å². The standard InChI is InChI=1S/C26H30Cl2N4O3/c1-2-34-21-10-7-18(8-11-21)5-3-13-29-26(33)19-6-4-14-32(16-19)17-24-30-25(31-35-24)22-12-9-20(27)15-23(22)28/h7-12,15,19H,2-6,13-14,16-17H2,1H3,(H,29,33). The lowest BCUT2D eigenvalue weighted by Gasteiger charge is -2.30. The maximum Gasteiger partial charge on any atom is 0.241 e. The Kier molecular flexibility index (Phi) is 9.01. The zero-order chi connectivity index (χ0) is 24.6. The van der Waals surface area contributed by atoms with Crippen molar-refractivity contribution in [3.05, 3.63) is 64.0 Å². The predicted octanol–water partition coefficient (Wildman–Crippen LogP) is 5.40. The quantitative estimate of drug-likeness (QED) is 0.363. The van der Waals surface area contributed by atoms with Crippen LogP contribution in [0.1, 0.15) is 37.6 Å². The number of likely N-dealkylation sites (tertiary alicyclic amines) is 1. The van der Waals surface area contributed by atoms with Crippen LogP contribution in [0.25, 0.3) is 11.4 Å². The lowest BCUT2D eigenvalue weighted by molar-refractivity contribution is -0.126. The van der Waals surface area contributed by atoms with Gasteiger partial charge in [0.2, 0.25) is 17.6 Å². The Labute approximate surface area is 215 Å². The fraction of sp³-hybridized carbons (Fsp3) is 0.423. The summed E-state index contributed by atoms with van der Waals surface area (Å²) in [6.07, 6.45) is 3.65. The number of carbonyl (C=O) groups excluding carboxylic acids is 1. The van der Waals surface area contributed by atoms with E-state index in [4.69, 9.17) is 32.5 Å². The number of carbonyl (C=O) groups is 1. The average Bonchev–Trinajstić information content (AvgIpc) is 3.31. The number of amides is 1. The fourth-order valence-electron chi connectivity index (χ4n) is 4.27. The SMILES string of the molecule is CCOc1ccc(CCCNC(=O)C2CCCN(Cc3nc(-c4ccc(Cl)cc4Cl)no3)C2)cc1. The van der Waals surface area contributed by atoms with Crippen LogP contribution in [-0.2, 0) is 17.8 Å². The summed E-state index contributed by atoms with van der Waals surface area (Å²) in [5.41, 5.74) is 1.91. The number of hydrogen-bond donors (Lipinski definition) is 1. The molecule has 4 rings (SSSR count). The lowest BCUT2D eigenvalue weighted by Crippen LogP contribution is -2.43. The molecule has 3 aromatic rings. The highest BCUT2D eigenvalue weighted by molar-refractivity contribution is 6.36. The first-order valence-corrected chi connectivity index (χ1v) is 12.8. The second kappa shape index (κ2) is 12.4. The Morgan fingerprint density at radius 1 is 1.23 bits per heavy atom. The van der Waals surface area contributed by atoms with Crippen molar-refractivity contribution in [1.29, 1.82) is 0 Å². The second-order valence-corrected chi connectivity index (χ2v) is 9.53. The first kappa shape index (κ1) is 25.5. The smallest absolute Gasteiger partial charge is 0.241 e. The van der Waals surface area contributed by atoms with Crippen molar-refractivity contribution in [2.75, 3.05) is 26.2 Å². The van der Waals surface area contributed by atoms with Crippen LogP contribution in [0.3, 0.4) is 0 Å². The maximum absolute atomic E-state index is 12.7. The van der Waals surface area contributed by atoms with E-state index in [9.17, 15) is 4.79 Å². The van der Waals surface area contributed by atoms with Crippen molar-refractivity contribution in [1.82, 2.24) is 20.4 Å². The van der Waals surface area contributed by atoms with Gasteiger partial charge >= 0.3 is 0 Å². The van der Waals surface area contributed by atoms with Gasteiger partial charge < -0.3 is 14.6 Å². The van der Waals surface area contributed by atoms with E-state index in [-0.39, 0.29) is 11.8 Å². The third kappa shape index (κ3) is 7.19. The molecule has 1 saturated heterocycles. The first-order valence-electron chi connectivity index (χ1n) is 12.0. The van der Waals surface area contributed by atoms with E-state index < -0.39 is 0 Å². The molecule has 1 aliphatic rings. The third-order valence-corrected chi connectivity index (χ3v) is 6.60. The molecule has 9 heteroatoms. The minimum atomic E-state index is -0.0395. The van der Waals surface area contributed by atoms with E-state index >= 15 is 0 Å². The van der Waals surface area contributed by atoms with E-state index in [1.165, 1.54) is 5.56 Å². The van der Waals surface area contributed by atoms with Crippen LogP contribution in [0.2, 0.25) is 10.0 Å². The summed E-state index contributed by atoms with van der Waals surface area (Å²) in [7, 11) is 0. The maximum atomic E-state index is 12.7. The van der Waals surface area contributed by atoms with E-state index in [2.05, 4.69) is 32.5 Å². The van der Waals surface area contributed by atoms with Gasteiger partial charge in [0.15, 0.2) is 0 Å². The highest BCUT2D eigenvalue weighted by atomic mass is 35.5. The molecule has 1 amide bonds. The number of aromatic nitrogens is 2. The van der Waals surface area contributed by atoms with Crippen LogP contribution in [-0.4, -0.2) is 47.2 Å². The molecule has 1 aromatic heterocycles. The van der Waals surface area contributed by atoms with Gasteiger partial charge in [0.1, 0.15) is 5.75 Å². The molecular weight excluding hydrogens is 487 g/mol. The number of hydrogen-bond acceptors (Lipinski definition) is 6. The summed E-state index contributed by atoms with van der Waals surface area (Å²) < 4.78 is 10.9. The van der Waals surface area contributed by atoms with Crippen molar-refractivity contribution in [3.63, 3.8) is 0 Å². The number of halogens is 2. The van der Waals surface area contributed by atoms with Gasteiger partial charge in [0, 0.05) is 23.7 Å². The van der Waals surface area contributed by atoms with Crippen LogP contribution in [0.5, 0.6) is 5.75 Å². The van der Waals surface area contributed by atoms with Crippen molar-refractivity contribution < 1.29 is 14.1 Å². The summed E-state index contributed by atoms with van der Waals surface area (Å²) in [4.78, 5) is 19.4. The van der Waals surface area contributed by atoms with E-state index in [0.717, 1.165) is 38.0 Å². The monoisotopic (exact) mass is 516 g/mol. The Hall–Kier alpha value is -2.61. The minimum absolute atomic E-state index is 0.0395. The van der Waals surface area contributed by atoms with Crippen molar-refractivity contribution in [2.24, 2.45) is 5.92 Å². The summed E-state index contributed by atoms with van der Waals surface area (Å²) in [5, 5.41) is 8.19. The molecule has 1 atom stereocenters. The van der Waals surface area contributed by atoms with E-state index in [0.29, 0.717) is 53.6 Å². The zero-order valence-corrected chi connectivity index (χ0v) is 21.3. The third-order valence-electron chi connectivity index (χ3n) is 6.05. The number of nitrogens with one attached hydrogen (secondary N) is 1. The normalized spacial score (nSPS) is 16.3. The molecular formula is C26H30Cl2N4O3. The molecule has 0 aliphatic carbocycles. The number of piperidine rings is 1.